The molecule has 1 aliphatic heterocycles. The summed E-state index contributed by atoms with van der Waals surface area (Å²) in [5, 5.41) is 4.55. The number of thiophene rings is 1. The van der Waals surface area contributed by atoms with Crippen LogP contribution in [0.4, 0.5) is 5.69 Å². The van der Waals surface area contributed by atoms with Crippen LogP contribution in [0.15, 0.2) is 41.3 Å². The SMILES string of the molecule is COc1ccc(N2C(=O)C(=Cc3sccc3C)C(=O)NC2=S)cc1. The standard InChI is InChI=1S/C17H14N2O3S2/c1-10-7-8-24-14(10)9-13-15(20)18-17(23)19(16(13)21)11-3-5-12(22-2)6-4-11/h3-9H,1-2H3,(H,18,20,23). The predicted molar refractivity (Wildman–Crippen MR) is 98.3 cm³/mol. The number of rotatable bonds is 3. The minimum absolute atomic E-state index is 0.0602. The van der Waals surface area contributed by atoms with E-state index < -0.39 is 11.8 Å². The van der Waals surface area contributed by atoms with E-state index in [1.165, 1.54) is 16.2 Å². The maximum Gasteiger partial charge on any atom is 0.270 e. The number of nitrogens with zero attached hydrogens (tertiary/aromatic N) is 1. The third kappa shape index (κ3) is 2.95. The number of anilines is 1. The Balaban J connectivity index is 1.99. The number of nitrogens with one attached hydrogen (secondary N) is 1. The van der Waals surface area contributed by atoms with E-state index in [2.05, 4.69) is 5.32 Å². The highest BCUT2D eigenvalue weighted by atomic mass is 32.1. The Morgan fingerprint density at radius 2 is 1.92 bits per heavy atom. The van der Waals surface area contributed by atoms with Crippen LogP contribution in [0.5, 0.6) is 5.75 Å². The Morgan fingerprint density at radius 3 is 2.50 bits per heavy atom. The lowest BCUT2D eigenvalue weighted by Crippen LogP contribution is -2.54. The molecule has 0 radical (unpaired) electrons. The molecule has 1 aromatic heterocycles. The van der Waals surface area contributed by atoms with E-state index in [4.69, 9.17) is 17.0 Å². The molecule has 0 bridgehead atoms. The second kappa shape index (κ2) is 6.54. The number of ether oxygens (including phenoxy) is 1. The van der Waals surface area contributed by atoms with E-state index >= 15 is 0 Å². The van der Waals surface area contributed by atoms with Gasteiger partial charge in [-0.3, -0.25) is 19.8 Å². The average Bonchev–Trinajstić information content (AvgIpc) is 2.97. The number of thiocarbonyl (C=S) groups is 1. The Morgan fingerprint density at radius 1 is 1.21 bits per heavy atom. The van der Waals surface area contributed by atoms with Crippen molar-refractivity contribution in [3.63, 3.8) is 0 Å². The second-order valence-electron chi connectivity index (χ2n) is 5.12. The molecule has 1 saturated heterocycles. The van der Waals surface area contributed by atoms with Crippen molar-refractivity contribution >= 4 is 52.2 Å². The van der Waals surface area contributed by atoms with Crippen LogP contribution in [-0.4, -0.2) is 24.0 Å². The molecule has 2 amide bonds. The van der Waals surface area contributed by atoms with Gasteiger partial charge in [-0.05, 0) is 66.5 Å². The van der Waals surface area contributed by atoms with E-state index in [9.17, 15) is 9.59 Å². The number of benzene rings is 1. The molecule has 122 valence electrons. The second-order valence-corrected chi connectivity index (χ2v) is 6.46. The summed E-state index contributed by atoms with van der Waals surface area (Å²) in [7, 11) is 1.57. The normalized spacial score (nSPS) is 16.5. The van der Waals surface area contributed by atoms with Crippen LogP contribution in [0.25, 0.3) is 6.08 Å². The summed E-state index contributed by atoms with van der Waals surface area (Å²) in [6.45, 7) is 1.93. The van der Waals surface area contributed by atoms with E-state index in [0.717, 1.165) is 10.4 Å². The zero-order chi connectivity index (χ0) is 17.3. The number of methoxy groups -OCH3 is 1. The minimum atomic E-state index is -0.484. The molecule has 0 spiro atoms. The van der Waals surface area contributed by atoms with Gasteiger partial charge in [0.25, 0.3) is 11.8 Å². The molecule has 2 heterocycles. The lowest BCUT2D eigenvalue weighted by Gasteiger charge is -2.28. The van der Waals surface area contributed by atoms with Crippen molar-refractivity contribution in [2.45, 2.75) is 6.92 Å². The molecule has 1 fully saturated rings. The third-order valence-corrected chi connectivity index (χ3v) is 4.86. The fraction of sp³-hybridized carbons (Fsp3) is 0.118. The maximum absolute atomic E-state index is 12.8. The molecular formula is C17H14N2O3S2. The van der Waals surface area contributed by atoms with Crippen LogP contribution in [0.2, 0.25) is 0 Å². The predicted octanol–water partition coefficient (Wildman–Crippen LogP) is 2.90. The van der Waals surface area contributed by atoms with Crippen molar-refractivity contribution in [2.24, 2.45) is 0 Å². The fourth-order valence-corrected chi connectivity index (χ4v) is 3.43. The summed E-state index contributed by atoms with van der Waals surface area (Å²) in [5.74, 6) is -0.257. The first kappa shape index (κ1) is 16.4. The van der Waals surface area contributed by atoms with Crippen molar-refractivity contribution in [3.05, 3.63) is 51.7 Å². The van der Waals surface area contributed by atoms with Crippen molar-refractivity contribution in [3.8, 4) is 5.75 Å². The van der Waals surface area contributed by atoms with Gasteiger partial charge in [-0.1, -0.05) is 0 Å². The molecule has 2 aromatic rings. The first-order valence-corrected chi connectivity index (χ1v) is 8.39. The molecule has 1 aliphatic rings. The summed E-state index contributed by atoms with van der Waals surface area (Å²) in [5.41, 5.74) is 1.64. The highest BCUT2D eigenvalue weighted by Crippen LogP contribution is 2.26. The summed E-state index contributed by atoms with van der Waals surface area (Å²) < 4.78 is 5.12. The van der Waals surface area contributed by atoms with Gasteiger partial charge in [0.15, 0.2) is 5.11 Å². The molecule has 0 unspecified atom stereocenters. The highest BCUT2D eigenvalue weighted by Gasteiger charge is 2.34. The third-order valence-electron chi connectivity index (χ3n) is 3.61. The number of carbonyl (C=O) groups excluding carboxylic acids is 2. The molecule has 0 aliphatic carbocycles. The van der Waals surface area contributed by atoms with Gasteiger partial charge in [0, 0.05) is 4.88 Å². The Hall–Kier alpha value is -2.51. The van der Waals surface area contributed by atoms with Gasteiger partial charge in [-0.2, -0.15) is 0 Å². The molecule has 0 saturated carbocycles. The van der Waals surface area contributed by atoms with Gasteiger partial charge < -0.3 is 4.74 Å². The number of hydrogen-bond acceptors (Lipinski definition) is 5. The first-order chi connectivity index (χ1) is 11.5. The topological polar surface area (TPSA) is 58.6 Å². The fourth-order valence-electron chi connectivity index (χ4n) is 2.29. The van der Waals surface area contributed by atoms with Crippen LogP contribution in [0.1, 0.15) is 10.4 Å². The van der Waals surface area contributed by atoms with Crippen LogP contribution < -0.4 is 15.0 Å². The van der Waals surface area contributed by atoms with Gasteiger partial charge in [0.05, 0.1) is 12.8 Å². The van der Waals surface area contributed by atoms with Crippen molar-refractivity contribution < 1.29 is 14.3 Å². The molecule has 3 rings (SSSR count). The van der Waals surface area contributed by atoms with Crippen molar-refractivity contribution in [1.82, 2.24) is 5.32 Å². The molecule has 24 heavy (non-hydrogen) atoms. The van der Waals surface area contributed by atoms with E-state index in [1.807, 2.05) is 18.4 Å². The number of hydrogen-bond donors (Lipinski definition) is 1. The van der Waals surface area contributed by atoms with Crippen LogP contribution >= 0.6 is 23.6 Å². The molecule has 7 heteroatoms. The van der Waals surface area contributed by atoms with Gasteiger partial charge in [-0.25, -0.2) is 0 Å². The zero-order valence-electron chi connectivity index (χ0n) is 13.0. The lowest BCUT2D eigenvalue weighted by molar-refractivity contribution is -0.122. The van der Waals surface area contributed by atoms with Gasteiger partial charge in [0.1, 0.15) is 11.3 Å². The molecular weight excluding hydrogens is 344 g/mol. The van der Waals surface area contributed by atoms with Crippen molar-refractivity contribution in [2.75, 3.05) is 12.0 Å². The minimum Gasteiger partial charge on any atom is -0.497 e. The van der Waals surface area contributed by atoms with Gasteiger partial charge in [0.2, 0.25) is 0 Å². The average molecular weight is 358 g/mol. The molecule has 0 atom stereocenters. The monoisotopic (exact) mass is 358 g/mol. The van der Waals surface area contributed by atoms with E-state index in [1.54, 1.807) is 37.5 Å². The molecule has 5 nitrogen and oxygen atoms in total. The summed E-state index contributed by atoms with van der Waals surface area (Å²) in [4.78, 5) is 27.2. The summed E-state index contributed by atoms with van der Waals surface area (Å²) in [6, 6.07) is 8.83. The Kier molecular flexibility index (Phi) is 4.46. The van der Waals surface area contributed by atoms with Crippen LogP contribution in [0.3, 0.4) is 0 Å². The number of carbonyl (C=O) groups is 2. The van der Waals surface area contributed by atoms with Crippen molar-refractivity contribution in [1.29, 1.82) is 0 Å². The summed E-state index contributed by atoms with van der Waals surface area (Å²) >= 11 is 6.64. The van der Waals surface area contributed by atoms with Gasteiger partial charge >= 0.3 is 0 Å². The number of amides is 2. The van der Waals surface area contributed by atoms with Gasteiger partial charge in [-0.15, -0.1) is 11.3 Å². The Labute approximate surface area is 148 Å². The smallest absolute Gasteiger partial charge is 0.270 e. The quantitative estimate of drug-likeness (QED) is 0.521. The van der Waals surface area contributed by atoms with Crippen LogP contribution in [0, 0.1) is 6.92 Å². The molecule has 1 aromatic carbocycles. The van der Waals surface area contributed by atoms with E-state index in [0.29, 0.717) is 11.4 Å². The van der Waals surface area contributed by atoms with E-state index in [-0.39, 0.29) is 10.7 Å². The highest BCUT2D eigenvalue weighted by molar-refractivity contribution is 7.80. The maximum atomic E-state index is 12.8. The Bertz CT molecular complexity index is 853. The number of aryl methyl sites for hydroxylation is 1. The molecule has 1 N–H and O–H groups in total. The summed E-state index contributed by atoms with van der Waals surface area (Å²) in [6.07, 6.45) is 1.61. The first-order valence-electron chi connectivity index (χ1n) is 7.11. The lowest BCUT2D eigenvalue weighted by atomic mass is 10.1. The zero-order valence-corrected chi connectivity index (χ0v) is 14.7. The van der Waals surface area contributed by atoms with Crippen LogP contribution in [-0.2, 0) is 9.59 Å². The largest absolute Gasteiger partial charge is 0.497 e.